The van der Waals surface area contributed by atoms with Gasteiger partial charge in [-0.25, -0.2) is 4.79 Å². The summed E-state index contributed by atoms with van der Waals surface area (Å²) in [4.78, 5) is 22.2. The maximum Gasteiger partial charge on any atom is 0.412 e. The average molecular weight is 251 g/mol. The Bertz CT molecular complexity index is 449. The molecule has 0 fully saturated rings. The van der Waals surface area contributed by atoms with Crippen LogP contribution in [0.15, 0.2) is 18.2 Å². The van der Waals surface area contributed by atoms with E-state index in [0.29, 0.717) is 23.3 Å². The molecule has 5 nitrogen and oxygen atoms in total. The number of nitrogens with one attached hydrogen (secondary N) is 1. The Balaban J connectivity index is 2.84. The van der Waals surface area contributed by atoms with Crippen LogP contribution in [0.25, 0.3) is 0 Å². The molecule has 0 aromatic heterocycles. The van der Waals surface area contributed by atoms with Crippen molar-refractivity contribution in [1.29, 1.82) is 0 Å². The molecule has 0 aliphatic carbocycles. The first-order chi connectivity index (χ1) is 8.35. The first kappa shape index (κ1) is 14.0. The van der Waals surface area contributed by atoms with Crippen molar-refractivity contribution >= 4 is 18.1 Å². The van der Waals surface area contributed by atoms with E-state index in [4.69, 9.17) is 9.47 Å². The summed E-state index contributed by atoms with van der Waals surface area (Å²) in [5, 5.41) is 2.57. The highest BCUT2D eigenvalue weighted by atomic mass is 16.6. The third kappa shape index (κ3) is 4.08. The number of aldehydes is 1. The molecule has 1 amide bonds. The lowest BCUT2D eigenvalue weighted by Gasteiger charge is -2.20. The number of ether oxygens (including phenoxy) is 2. The van der Waals surface area contributed by atoms with Crippen LogP contribution in [0.1, 0.15) is 31.1 Å². The molecular weight excluding hydrogens is 234 g/mol. The number of carbonyl (C=O) groups is 2. The second kappa shape index (κ2) is 5.53. The molecule has 1 N–H and O–H groups in total. The van der Waals surface area contributed by atoms with Crippen LogP contribution in [0, 0.1) is 0 Å². The number of rotatable bonds is 3. The van der Waals surface area contributed by atoms with Crippen LogP contribution in [0.2, 0.25) is 0 Å². The summed E-state index contributed by atoms with van der Waals surface area (Å²) in [6.45, 7) is 5.33. The highest BCUT2D eigenvalue weighted by molar-refractivity contribution is 5.88. The summed E-state index contributed by atoms with van der Waals surface area (Å²) in [5.41, 5.74) is 0.360. The fourth-order valence-corrected chi connectivity index (χ4v) is 1.30. The van der Waals surface area contributed by atoms with Gasteiger partial charge in [0.1, 0.15) is 17.6 Å². The van der Waals surface area contributed by atoms with Gasteiger partial charge in [-0.3, -0.25) is 10.1 Å². The van der Waals surface area contributed by atoms with E-state index in [9.17, 15) is 9.59 Å². The van der Waals surface area contributed by atoms with Gasteiger partial charge in [-0.1, -0.05) is 0 Å². The fraction of sp³-hybridized carbons (Fsp3) is 0.385. The lowest BCUT2D eigenvalue weighted by Crippen LogP contribution is -2.27. The monoisotopic (exact) mass is 251 g/mol. The molecule has 0 aliphatic heterocycles. The van der Waals surface area contributed by atoms with Gasteiger partial charge in [0.25, 0.3) is 0 Å². The van der Waals surface area contributed by atoms with Crippen LogP contribution in [0.5, 0.6) is 5.75 Å². The molecule has 1 rings (SSSR count). The van der Waals surface area contributed by atoms with E-state index in [1.54, 1.807) is 39.0 Å². The van der Waals surface area contributed by atoms with Crippen LogP contribution in [-0.2, 0) is 4.74 Å². The fourth-order valence-electron chi connectivity index (χ4n) is 1.30. The molecule has 0 heterocycles. The summed E-state index contributed by atoms with van der Waals surface area (Å²) >= 11 is 0. The molecule has 98 valence electrons. The Morgan fingerprint density at radius 2 is 2.00 bits per heavy atom. The molecule has 5 heteroatoms. The molecule has 0 radical (unpaired) electrons. The van der Waals surface area contributed by atoms with Crippen molar-refractivity contribution in [2.45, 2.75) is 26.4 Å². The second-order valence-corrected chi connectivity index (χ2v) is 4.70. The molecule has 0 saturated heterocycles. The molecule has 0 bridgehead atoms. The molecule has 0 unspecified atom stereocenters. The van der Waals surface area contributed by atoms with E-state index in [0.717, 1.165) is 0 Å². The first-order valence-corrected chi connectivity index (χ1v) is 5.49. The van der Waals surface area contributed by atoms with Gasteiger partial charge < -0.3 is 9.47 Å². The van der Waals surface area contributed by atoms with Crippen LogP contribution < -0.4 is 10.1 Å². The van der Waals surface area contributed by atoms with Gasteiger partial charge in [0, 0.05) is 5.56 Å². The van der Waals surface area contributed by atoms with Crippen LogP contribution >= 0.6 is 0 Å². The van der Waals surface area contributed by atoms with E-state index in [1.807, 2.05) is 0 Å². The summed E-state index contributed by atoms with van der Waals surface area (Å²) in [6, 6.07) is 4.72. The number of carbonyl (C=O) groups excluding carboxylic acids is 2. The lowest BCUT2D eigenvalue weighted by atomic mass is 10.2. The van der Waals surface area contributed by atoms with Crippen molar-refractivity contribution in [1.82, 2.24) is 0 Å². The van der Waals surface area contributed by atoms with Gasteiger partial charge >= 0.3 is 6.09 Å². The van der Waals surface area contributed by atoms with Crippen molar-refractivity contribution in [2.24, 2.45) is 0 Å². The number of anilines is 1. The van der Waals surface area contributed by atoms with E-state index in [1.165, 1.54) is 7.11 Å². The Morgan fingerprint density at radius 3 is 2.50 bits per heavy atom. The largest absolute Gasteiger partial charge is 0.495 e. The summed E-state index contributed by atoms with van der Waals surface area (Å²) < 4.78 is 10.2. The Morgan fingerprint density at radius 1 is 1.33 bits per heavy atom. The number of benzene rings is 1. The number of hydrogen-bond acceptors (Lipinski definition) is 4. The first-order valence-electron chi connectivity index (χ1n) is 5.49. The second-order valence-electron chi connectivity index (χ2n) is 4.70. The van der Waals surface area contributed by atoms with Gasteiger partial charge in [0.2, 0.25) is 0 Å². The molecule has 0 atom stereocenters. The average Bonchev–Trinajstić information content (AvgIpc) is 2.27. The molecule has 0 aliphatic rings. The van der Waals surface area contributed by atoms with Gasteiger partial charge in [-0.05, 0) is 39.0 Å². The topological polar surface area (TPSA) is 64.6 Å². The SMILES string of the molecule is COc1cc(C=O)ccc1NC(=O)OC(C)(C)C. The molecule has 1 aromatic rings. The number of hydrogen-bond donors (Lipinski definition) is 1. The van der Waals surface area contributed by atoms with E-state index in [2.05, 4.69) is 5.32 Å². The summed E-state index contributed by atoms with van der Waals surface area (Å²) in [5.74, 6) is 0.408. The standard InChI is InChI=1S/C13H17NO4/c1-13(2,3)18-12(16)14-10-6-5-9(8-15)7-11(10)17-4/h5-8H,1-4H3,(H,14,16). The lowest BCUT2D eigenvalue weighted by molar-refractivity contribution is 0.0635. The minimum absolute atomic E-state index is 0.408. The number of methoxy groups -OCH3 is 1. The third-order valence-electron chi connectivity index (χ3n) is 2.00. The van der Waals surface area contributed by atoms with Crippen LogP contribution in [0.4, 0.5) is 10.5 Å². The normalized spacial score (nSPS) is 10.7. The van der Waals surface area contributed by atoms with E-state index in [-0.39, 0.29) is 0 Å². The van der Waals surface area contributed by atoms with Gasteiger partial charge in [0.15, 0.2) is 0 Å². The zero-order valence-electron chi connectivity index (χ0n) is 10.9. The predicted molar refractivity (Wildman–Crippen MR) is 68.2 cm³/mol. The van der Waals surface area contributed by atoms with E-state index < -0.39 is 11.7 Å². The molecule has 0 spiro atoms. The zero-order chi connectivity index (χ0) is 13.8. The van der Waals surface area contributed by atoms with Crippen molar-refractivity contribution in [3.8, 4) is 5.75 Å². The quantitative estimate of drug-likeness (QED) is 0.839. The molecular formula is C13H17NO4. The van der Waals surface area contributed by atoms with Crippen molar-refractivity contribution < 1.29 is 19.1 Å². The number of amides is 1. The van der Waals surface area contributed by atoms with Crippen LogP contribution in [0.3, 0.4) is 0 Å². The maximum absolute atomic E-state index is 11.6. The smallest absolute Gasteiger partial charge is 0.412 e. The van der Waals surface area contributed by atoms with Crippen molar-refractivity contribution in [3.05, 3.63) is 23.8 Å². The molecule has 18 heavy (non-hydrogen) atoms. The molecule has 0 saturated carbocycles. The van der Waals surface area contributed by atoms with Crippen molar-refractivity contribution in [3.63, 3.8) is 0 Å². The molecule has 1 aromatic carbocycles. The van der Waals surface area contributed by atoms with Crippen molar-refractivity contribution in [2.75, 3.05) is 12.4 Å². The zero-order valence-corrected chi connectivity index (χ0v) is 10.9. The highest BCUT2D eigenvalue weighted by Crippen LogP contribution is 2.25. The summed E-state index contributed by atoms with van der Waals surface area (Å²) in [6.07, 6.45) is 0.138. The highest BCUT2D eigenvalue weighted by Gasteiger charge is 2.17. The van der Waals surface area contributed by atoms with Gasteiger partial charge in [-0.2, -0.15) is 0 Å². The minimum Gasteiger partial charge on any atom is -0.495 e. The maximum atomic E-state index is 11.6. The minimum atomic E-state index is -0.570. The third-order valence-corrected chi connectivity index (χ3v) is 2.00. The predicted octanol–water partition coefficient (Wildman–Crippen LogP) is 2.85. The van der Waals surface area contributed by atoms with Gasteiger partial charge in [0.05, 0.1) is 12.8 Å². The Kier molecular flexibility index (Phi) is 4.31. The Hall–Kier alpha value is -2.04. The Labute approximate surface area is 106 Å². The van der Waals surface area contributed by atoms with Gasteiger partial charge in [-0.15, -0.1) is 0 Å². The summed E-state index contributed by atoms with van der Waals surface area (Å²) in [7, 11) is 1.46. The van der Waals surface area contributed by atoms with Crippen LogP contribution in [-0.4, -0.2) is 25.1 Å². The van der Waals surface area contributed by atoms with E-state index >= 15 is 0 Å².